The molecule has 21 heavy (non-hydrogen) atoms. The molecule has 0 spiro atoms. The number of nitrogens with one attached hydrogen (secondary N) is 2. The minimum absolute atomic E-state index is 0.178. The Balaban J connectivity index is 2.28. The van der Waals surface area contributed by atoms with E-state index in [0.717, 1.165) is 0 Å². The van der Waals surface area contributed by atoms with Crippen molar-refractivity contribution in [3.63, 3.8) is 0 Å². The lowest BCUT2D eigenvalue weighted by atomic mass is 10.1. The molecule has 4 nitrogen and oxygen atoms in total. The molecule has 110 valence electrons. The molecule has 4 N–H and O–H groups in total. The molecule has 0 unspecified atom stereocenters. The number of carbonyl (C=O) groups excluding carboxylic acids is 1. The van der Waals surface area contributed by atoms with E-state index >= 15 is 0 Å². The second-order valence-corrected chi connectivity index (χ2v) is 5.27. The second kappa shape index (κ2) is 6.58. The molecule has 6 heteroatoms. The molecule has 0 fully saturated rings. The van der Waals surface area contributed by atoms with Crippen LogP contribution in [0, 0.1) is 5.82 Å². The lowest BCUT2D eigenvalue weighted by Crippen LogP contribution is -2.22. The van der Waals surface area contributed by atoms with Gasteiger partial charge in [0, 0.05) is 17.8 Å². The van der Waals surface area contributed by atoms with Crippen molar-refractivity contribution in [1.82, 2.24) is 5.32 Å². The number of carbonyl (C=O) groups is 1. The highest BCUT2D eigenvalue weighted by Crippen LogP contribution is 2.26. The maximum Gasteiger partial charge on any atom is 0.251 e. The van der Waals surface area contributed by atoms with Gasteiger partial charge in [-0.15, -0.1) is 0 Å². The van der Waals surface area contributed by atoms with Crippen LogP contribution in [0.1, 0.15) is 17.3 Å². The van der Waals surface area contributed by atoms with Gasteiger partial charge in [0.15, 0.2) is 0 Å². The van der Waals surface area contributed by atoms with Crippen LogP contribution in [0.4, 0.5) is 21.5 Å². The molecule has 0 aliphatic rings. The van der Waals surface area contributed by atoms with Crippen molar-refractivity contribution in [2.24, 2.45) is 0 Å². The summed E-state index contributed by atoms with van der Waals surface area (Å²) in [6, 6.07) is 9.59. The summed E-state index contributed by atoms with van der Waals surface area (Å²) in [5.74, 6) is -0.555. The van der Waals surface area contributed by atoms with E-state index in [4.69, 9.17) is 5.73 Å². The maximum absolute atomic E-state index is 13.5. The molecule has 0 saturated carbocycles. The SMILES string of the molecule is CCNC(=O)c1ccc(N)c(Nc2ccc(Br)c(F)c2)c1. The Morgan fingerprint density at radius 1 is 1.29 bits per heavy atom. The van der Waals surface area contributed by atoms with Crippen molar-refractivity contribution in [3.05, 3.63) is 52.3 Å². The third-order valence-electron chi connectivity index (χ3n) is 2.85. The summed E-state index contributed by atoms with van der Waals surface area (Å²) in [6.45, 7) is 2.39. The van der Waals surface area contributed by atoms with Gasteiger partial charge in [-0.05, 0) is 59.3 Å². The molecular formula is C15H15BrFN3O. The molecule has 0 atom stereocenters. The van der Waals surface area contributed by atoms with Gasteiger partial charge in [0.2, 0.25) is 0 Å². The number of hydrogen-bond acceptors (Lipinski definition) is 3. The number of hydrogen-bond donors (Lipinski definition) is 3. The fourth-order valence-corrected chi connectivity index (χ4v) is 2.04. The Hall–Kier alpha value is -2.08. The molecule has 0 radical (unpaired) electrons. The highest BCUT2D eigenvalue weighted by molar-refractivity contribution is 9.10. The molecule has 2 aromatic rings. The van der Waals surface area contributed by atoms with Crippen LogP contribution in [0.25, 0.3) is 0 Å². The summed E-state index contributed by atoms with van der Waals surface area (Å²) in [5.41, 5.74) is 7.96. The Morgan fingerprint density at radius 3 is 2.71 bits per heavy atom. The van der Waals surface area contributed by atoms with E-state index in [2.05, 4.69) is 26.6 Å². The van der Waals surface area contributed by atoms with Crippen LogP contribution in [-0.2, 0) is 0 Å². The van der Waals surface area contributed by atoms with Crippen LogP contribution in [0.15, 0.2) is 40.9 Å². The van der Waals surface area contributed by atoms with E-state index in [1.54, 1.807) is 30.3 Å². The fourth-order valence-electron chi connectivity index (χ4n) is 1.80. The summed E-state index contributed by atoms with van der Waals surface area (Å²) >= 11 is 3.10. The fraction of sp³-hybridized carbons (Fsp3) is 0.133. The topological polar surface area (TPSA) is 67.2 Å². The summed E-state index contributed by atoms with van der Waals surface area (Å²) < 4.78 is 13.9. The van der Waals surface area contributed by atoms with E-state index in [1.165, 1.54) is 6.07 Å². The number of nitrogens with two attached hydrogens (primary N) is 1. The Morgan fingerprint density at radius 2 is 2.05 bits per heavy atom. The number of benzene rings is 2. The van der Waals surface area contributed by atoms with Crippen LogP contribution in [0.5, 0.6) is 0 Å². The van der Waals surface area contributed by atoms with Gasteiger partial charge in [-0.3, -0.25) is 4.79 Å². The van der Waals surface area contributed by atoms with Gasteiger partial charge in [0.25, 0.3) is 5.91 Å². The Labute approximate surface area is 130 Å². The van der Waals surface area contributed by atoms with Crippen molar-refractivity contribution in [2.45, 2.75) is 6.92 Å². The minimum atomic E-state index is -0.376. The summed E-state index contributed by atoms with van der Waals surface area (Å²) in [7, 11) is 0. The first-order valence-electron chi connectivity index (χ1n) is 6.41. The van der Waals surface area contributed by atoms with Gasteiger partial charge < -0.3 is 16.4 Å². The summed E-state index contributed by atoms with van der Waals surface area (Å²) in [4.78, 5) is 11.8. The standard InChI is InChI=1S/C15H15BrFN3O/c1-2-19-15(21)9-3-6-13(18)14(7-9)20-10-4-5-11(16)12(17)8-10/h3-8,20H,2,18H2,1H3,(H,19,21). The molecule has 0 saturated heterocycles. The predicted molar refractivity (Wildman–Crippen MR) is 86.2 cm³/mol. The van der Waals surface area contributed by atoms with Gasteiger partial charge in [-0.1, -0.05) is 0 Å². The van der Waals surface area contributed by atoms with E-state index < -0.39 is 0 Å². The van der Waals surface area contributed by atoms with Crippen molar-refractivity contribution in [1.29, 1.82) is 0 Å². The number of anilines is 3. The van der Waals surface area contributed by atoms with Crippen LogP contribution in [0.3, 0.4) is 0 Å². The summed E-state index contributed by atoms with van der Waals surface area (Å²) in [6.07, 6.45) is 0. The zero-order chi connectivity index (χ0) is 15.4. The molecule has 2 aromatic carbocycles. The molecule has 0 heterocycles. The van der Waals surface area contributed by atoms with Crippen LogP contribution in [0.2, 0.25) is 0 Å². The first kappa shape index (κ1) is 15.3. The van der Waals surface area contributed by atoms with Gasteiger partial charge in [-0.25, -0.2) is 4.39 Å². The number of amides is 1. The van der Waals surface area contributed by atoms with Crippen molar-refractivity contribution in [2.75, 3.05) is 17.6 Å². The predicted octanol–water partition coefficient (Wildman–Crippen LogP) is 3.66. The van der Waals surface area contributed by atoms with E-state index in [1.807, 2.05) is 6.92 Å². The zero-order valence-corrected chi connectivity index (χ0v) is 13.0. The third-order valence-corrected chi connectivity index (χ3v) is 3.49. The Kier molecular flexibility index (Phi) is 4.80. The minimum Gasteiger partial charge on any atom is -0.397 e. The molecule has 0 aromatic heterocycles. The van der Waals surface area contributed by atoms with Crippen LogP contribution >= 0.6 is 15.9 Å². The number of rotatable bonds is 4. The van der Waals surface area contributed by atoms with Gasteiger partial charge >= 0.3 is 0 Å². The van der Waals surface area contributed by atoms with Crippen molar-refractivity contribution in [3.8, 4) is 0 Å². The second-order valence-electron chi connectivity index (χ2n) is 4.42. The molecule has 0 aliphatic heterocycles. The molecule has 2 rings (SSSR count). The normalized spacial score (nSPS) is 10.2. The third kappa shape index (κ3) is 3.72. The Bertz CT molecular complexity index is 676. The molecule has 0 aliphatic carbocycles. The average Bonchev–Trinajstić information content (AvgIpc) is 2.45. The lowest BCUT2D eigenvalue weighted by molar-refractivity contribution is 0.0956. The number of halogens is 2. The summed E-state index contributed by atoms with van der Waals surface area (Å²) in [5, 5.41) is 5.73. The monoisotopic (exact) mass is 351 g/mol. The maximum atomic E-state index is 13.5. The van der Waals surface area contributed by atoms with Crippen molar-refractivity contribution >= 4 is 38.9 Å². The smallest absolute Gasteiger partial charge is 0.251 e. The van der Waals surface area contributed by atoms with Gasteiger partial charge in [0.1, 0.15) is 5.82 Å². The lowest BCUT2D eigenvalue weighted by Gasteiger charge is -2.12. The first-order chi connectivity index (χ1) is 10.0. The first-order valence-corrected chi connectivity index (χ1v) is 7.20. The van der Waals surface area contributed by atoms with E-state index in [0.29, 0.717) is 33.6 Å². The van der Waals surface area contributed by atoms with Gasteiger partial charge in [0.05, 0.1) is 15.8 Å². The quantitative estimate of drug-likeness (QED) is 0.736. The van der Waals surface area contributed by atoms with E-state index in [-0.39, 0.29) is 11.7 Å². The molecule has 1 amide bonds. The largest absolute Gasteiger partial charge is 0.397 e. The average molecular weight is 352 g/mol. The molecular weight excluding hydrogens is 337 g/mol. The van der Waals surface area contributed by atoms with Crippen molar-refractivity contribution < 1.29 is 9.18 Å². The van der Waals surface area contributed by atoms with Gasteiger partial charge in [-0.2, -0.15) is 0 Å². The van der Waals surface area contributed by atoms with Crippen LogP contribution < -0.4 is 16.4 Å². The van der Waals surface area contributed by atoms with Crippen LogP contribution in [-0.4, -0.2) is 12.5 Å². The zero-order valence-electron chi connectivity index (χ0n) is 11.4. The highest BCUT2D eigenvalue weighted by atomic mass is 79.9. The van der Waals surface area contributed by atoms with E-state index in [9.17, 15) is 9.18 Å². The highest BCUT2D eigenvalue weighted by Gasteiger charge is 2.08. The number of nitrogen functional groups attached to an aromatic ring is 1. The molecule has 0 bridgehead atoms.